The molecule has 1 saturated carbocycles. The summed E-state index contributed by atoms with van der Waals surface area (Å²) < 4.78 is 7.42. The van der Waals surface area contributed by atoms with Crippen molar-refractivity contribution in [2.75, 3.05) is 31.6 Å². The van der Waals surface area contributed by atoms with Crippen molar-refractivity contribution >= 4 is 28.6 Å². The molecule has 2 aliphatic rings. The summed E-state index contributed by atoms with van der Waals surface area (Å²) in [5.41, 5.74) is 4.69. The van der Waals surface area contributed by atoms with Crippen molar-refractivity contribution in [2.24, 2.45) is 0 Å². The summed E-state index contributed by atoms with van der Waals surface area (Å²) in [6.45, 7) is 2.37. The lowest BCUT2D eigenvalue weighted by atomic mass is 10.1. The van der Waals surface area contributed by atoms with Gasteiger partial charge in [0.2, 0.25) is 0 Å². The highest BCUT2D eigenvalue weighted by Crippen LogP contribution is 2.32. The molecule has 178 valence electrons. The minimum absolute atomic E-state index is 0.0193. The minimum Gasteiger partial charge on any atom is -0.378 e. The smallest absolute Gasteiger partial charge is 0.255 e. The number of amides is 1. The van der Waals surface area contributed by atoms with Gasteiger partial charge in [-0.1, -0.05) is 24.1 Å². The van der Waals surface area contributed by atoms with Gasteiger partial charge in [-0.25, -0.2) is 14.6 Å². The maximum atomic E-state index is 12.6. The van der Waals surface area contributed by atoms with Gasteiger partial charge < -0.3 is 15.0 Å². The quantitative estimate of drug-likeness (QED) is 0.467. The molecule has 9 nitrogen and oxygen atoms in total. The van der Waals surface area contributed by atoms with E-state index in [1.165, 1.54) is 12.8 Å². The van der Waals surface area contributed by atoms with E-state index in [1.54, 1.807) is 29.4 Å². The number of hydrogen-bond acceptors (Lipinski definition) is 7. The second kappa shape index (κ2) is 9.42. The SMILES string of the molecule is O=C(c1ccc(Nc2cc(-c3ccc4nnn(C5CCCC5)c4c3)ccn2)nc1)N1CCOCC1. The predicted octanol–water partition coefficient (Wildman–Crippen LogP) is 4.22. The number of fused-ring (bicyclic) bond motifs is 1. The summed E-state index contributed by atoms with van der Waals surface area (Å²) in [5, 5.41) is 12.1. The molecule has 0 unspecified atom stereocenters. The normalized spacial score (nSPS) is 16.6. The Hall–Kier alpha value is -3.85. The van der Waals surface area contributed by atoms with Crippen molar-refractivity contribution in [2.45, 2.75) is 31.7 Å². The number of nitrogens with one attached hydrogen (secondary N) is 1. The molecule has 1 aromatic carbocycles. The van der Waals surface area contributed by atoms with Crippen molar-refractivity contribution in [1.29, 1.82) is 0 Å². The van der Waals surface area contributed by atoms with Crippen LogP contribution >= 0.6 is 0 Å². The maximum Gasteiger partial charge on any atom is 0.255 e. The molecule has 2 fully saturated rings. The van der Waals surface area contributed by atoms with Crippen LogP contribution in [-0.2, 0) is 4.74 Å². The lowest BCUT2D eigenvalue weighted by Gasteiger charge is -2.26. The lowest BCUT2D eigenvalue weighted by molar-refractivity contribution is 0.0302. The summed E-state index contributed by atoms with van der Waals surface area (Å²) in [4.78, 5) is 23.3. The number of nitrogens with zero attached hydrogens (tertiary/aromatic N) is 6. The fraction of sp³-hybridized carbons (Fsp3) is 0.346. The molecule has 1 amide bonds. The Kier molecular flexibility index (Phi) is 5.83. The molecule has 1 aliphatic heterocycles. The largest absolute Gasteiger partial charge is 0.378 e. The molecule has 0 radical (unpaired) electrons. The van der Waals surface area contributed by atoms with Crippen LogP contribution in [0, 0.1) is 0 Å². The van der Waals surface area contributed by atoms with Crippen molar-refractivity contribution in [3.8, 4) is 11.1 Å². The van der Waals surface area contributed by atoms with E-state index >= 15 is 0 Å². The fourth-order valence-electron chi connectivity index (χ4n) is 4.89. The zero-order valence-electron chi connectivity index (χ0n) is 19.4. The maximum absolute atomic E-state index is 12.6. The molecule has 0 atom stereocenters. The monoisotopic (exact) mass is 469 g/mol. The van der Waals surface area contributed by atoms with Crippen LogP contribution in [0.1, 0.15) is 42.1 Å². The third-order valence-electron chi connectivity index (χ3n) is 6.80. The standard InChI is InChI=1S/C26H27N7O2/c34-26(32-11-13-35-14-12-32)20-6-8-24(28-17-20)29-25-16-19(9-10-27-25)18-5-7-22-23(15-18)33(31-30-22)21-3-1-2-4-21/h5-10,15-17,21H,1-4,11-14H2,(H,27,28,29). The van der Waals surface area contributed by atoms with Gasteiger partial charge in [0.05, 0.1) is 30.3 Å². The van der Waals surface area contributed by atoms with Crippen LogP contribution in [0.3, 0.4) is 0 Å². The number of hydrogen-bond donors (Lipinski definition) is 1. The first-order chi connectivity index (χ1) is 17.2. The second-order valence-electron chi connectivity index (χ2n) is 9.07. The lowest BCUT2D eigenvalue weighted by Crippen LogP contribution is -2.40. The van der Waals surface area contributed by atoms with E-state index in [9.17, 15) is 4.79 Å². The first-order valence-corrected chi connectivity index (χ1v) is 12.2. The molecule has 0 bridgehead atoms. The molecule has 0 spiro atoms. The van der Waals surface area contributed by atoms with Gasteiger partial charge in [0.15, 0.2) is 0 Å². The van der Waals surface area contributed by atoms with Crippen molar-refractivity contribution < 1.29 is 9.53 Å². The van der Waals surface area contributed by atoms with Crippen molar-refractivity contribution in [1.82, 2.24) is 29.9 Å². The van der Waals surface area contributed by atoms with Crippen LogP contribution in [0.15, 0.2) is 54.9 Å². The molecule has 6 rings (SSSR count). The van der Waals surface area contributed by atoms with Crippen LogP contribution in [0.2, 0.25) is 0 Å². The summed E-state index contributed by atoms with van der Waals surface area (Å²) in [7, 11) is 0. The molecule has 4 aromatic rings. The Bertz CT molecular complexity index is 1340. The fourth-order valence-corrected chi connectivity index (χ4v) is 4.89. The number of carbonyl (C=O) groups is 1. The van der Waals surface area contributed by atoms with Gasteiger partial charge in [0.1, 0.15) is 17.2 Å². The molecule has 35 heavy (non-hydrogen) atoms. The van der Waals surface area contributed by atoms with Crippen LogP contribution in [-0.4, -0.2) is 62.1 Å². The summed E-state index contributed by atoms with van der Waals surface area (Å²) in [6.07, 6.45) is 8.22. The molecule has 1 N–H and O–H groups in total. The van der Waals surface area contributed by atoms with E-state index in [4.69, 9.17) is 4.74 Å². The van der Waals surface area contributed by atoms with Gasteiger partial charge in [0, 0.05) is 25.5 Å². The zero-order chi connectivity index (χ0) is 23.6. The molecule has 9 heteroatoms. The number of aromatic nitrogens is 5. The van der Waals surface area contributed by atoms with Crippen LogP contribution < -0.4 is 5.32 Å². The first-order valence-electron chi connectivity index (χ1n) is 12.2. The van der Waals surface area contributed by atoms with Gasteiger partial charge in [0.25, 0.3) is 5.91 Å². The molecular formula is C26H27N7O2. The van der Waals surface area contributed by atoms with Gasteiger partial charge in [-0.3, -0.25) is 4.79 Å². The zero-order valence-corrected chi connectivity index (χ0v) is 19.4. The Morgan fingerprint density at radius 2 is 1.77 bits per heavy atom. The van der Waals surface area contributed by atoms with Gasteiger partial charge >= 0.3 is 0 Å². The van der Waals surface area contributed by atoms with Crippen LogP contribution in [0.4, 0.5) is 11.6 Å². The number of ether oxygens (including phenoxy) is 1. The third-order valence-corrected chi connectivity index (χ3v) is 6.80. The highest BCUT2D eigenvalue weighted by molar-refractivity contribution is 5.94. The Morgan fingerprint density at radius 1 is 0.943 bits per heavy atom. The molecule has 3 aromatic heterocycles. The highest BCUT2D eigenvalue weighted by Gasteiger charge is 2.21. The minimum atomic E-state index is -0.0193. The van der Waals surface area contributed by atoms with Gasteiger partial charge in [-0.15, -0.1) is 5.10 Å². The van der Waals surface area contributed by atoms with Gasteiger partial charge in [-0.05, 0) is 60.4 Å². The van der Waals surface area contributed by atoms with E-state index in [1.807, 2.05) is 18.2 Å². The number of carbonyl (C=O) groups excluding carboxylic acids is 1. The molecule has 1 saturated heterocycles. The summed E-state index contributed by atoms with van der Waals surface area (Å²) >= 11 is 0. The Labute approximate surface area is 203 Å². The Balaban J connectivity index is 1.20. The van der Waals surface area contributed by atoms with Crippen molar-refractivity contribution in [3.63, 3.8) is 0 Å². The average molecular weight is 470 g/mol. The average Bonchev–Trinajstić information content (AvgIpc) is 3.59. The molecular weight excluding hydrogens is 442 g/mol. The van der Waals surface area contributed by atoms with E-state index in [0.717, 1.165) is 35.0 Å². The van der Waals surface area contributed by atoms with Crippen LogP contribution in [0.25, 0.3) is 22.2 Å². The number of pyridine rings is 2. The van der Waals surface area contributed by atoms with E-state index < -0.39 is 0 Å². The topological polar surface area (TPSA) is 98.1 Å². The first kappa shape index (κ1) is 21.7. The van der Waals surface area contributed by atoms with Crippen LogP contribution in [0.5, 0.6) is 0 Å². The van der Waals surface area contributed by atoms with Crippen molar-refractivity contribution in [3.05, 3.63) is 60.4 Å². The molecule has 4 heterocycles. The van der Waals surface area contributed by atoms with E-state index in [0.29, 0.717) is 49.5 Å². The molecule has 1 aliphatic carbocycles. The predicted molar refractivity (Wildman–Crippen MR) is 133 cm³/mol. The number of anilines is 2. The summed E-state index contributed by atoms with van der Waals surface area (Å²) in [5.74, 6) is 1.30. The summed E-state index contributed by atoms with van der Waals surface area (Å²) in [6, 6.07) is 14.3. The number of benzene rings is 1. The highest BCUT2D eigenvalue weighted by atomic mass is 16.5. The third kappa shape index (κ3) is 4.46. The van der Waals surface area contributed by atoms with E-state index in [2.05, 4.69) is 42.4 Å². The van der Waals surface area contributed by atoms with Gasteiger partial charge in [-0.2, -0.15) is 0 Å². The second-order valence-corrected chi connectivity index (χ2v) is 9.07. The Morgan fingerprint density at radius 3 is 2.57 bits per heavy atom. The number of morpholine rings is 1. The number of rotatable bonds is 5. The van der Waals surface area contributed by atoms with E-state index in [-0.39, 0.29) is 5.91 Å².